The van der Waals surface area contributed by atoms with Crippen LogP contribution in [0.5, 0.6) is 0 Å². The summed E-state index contributed by atoms with van der Waals surface area (Å²) in [7, 11) is -2.80. The Morgan fingerprint density at radius 3 is 1.03 bits per heavy atom. The van der Waals surface area contributed by atoms with Crippen LogP contribution in [-0.4, -0.2) is 17.9 Å². The zero-order valence-corrected chi connectivity index (χ0v) is 17.0. The summed E-state index contributed by atoms with van der Waals surface area (Å²) in [6.45, 7) is 0. The minimum Gasteiger partial charge on any atom is -0.398 e. The summed E-state index contributed by atoms with van der Waals surface area (Å²) in [5.41, 5.74) is 17.8. The molecule has 0 radical (unpaired) electrons. The highest BCUT2D eigenvalue weighted by atomic mass is 31.2. The maximum absolute atomic E-state index is 12.5. The molecule has 0 aliphatic heterocycles. The second-order valence-electron chi connectivity index (χ2n) is 6.12. The molecule has 0 aromatic heterocycles. The molecule has 0 amide bonds. The van der Waals surface area contributed by atoms with Crippen molar-refractivity contribution in [2.24, 2.45) is 0 Å². The molecule has 3 rings (SSSR count). The Labute approximate surface area is 178 Å². The normalized spacial score (nSPS) is 10.4. The van der Waals surface area contributed by atoms with Crippen molar-refractivity contribution in [1.82, 2.24) is 0 Å². The third-order valence-corrected chi connectivity index (χ3v) is 4.96. The van der Waals surface area contributed by atoms with E-state index < -0.39 is 26.5 Å². The van der Waals surface area contributed by atoms with Crippen molar-refractivity contribution in [2.75, 3.05) is 17.2 Å². The van der Waals surface area contributed by atoms with Crippen LogP contribution in [0.1, 0.15) is 31.1 Å². The predicted octanol–water partition coefficient (Wildman–Crippen LogP) is 3.53. The zero-order chi connectivity index (χ0) is 22.4. The van der Waals surface area contributed by atoms with Gasteiger partial charge in [-0.1, -0.05) is 36.4 Å². The van der Waals surface area contributed by atoms with E-state index in [0.29, 0.717) is 0 Å². The van der Waals surface area contributed by atoms with E-state index in [2.05, 4.69) is 0 Å². The molecule has 0 heterocycles. The molecule has 0 saturated heterocycles. The second-order valence-corrected chi connectivity index (χ2v) is 7.12. The fraction of sp³-hybridized carbons (Fsp3) is 0. The Bertz CT molecular complexity index is 996. The third-order valence-electron chi connectivity index (χ3n) is 4.01. The lowest BCUT2D eigenvalue weighted by Gasteiger charge is -2.16. The largest absolute Gasteiger partial charge is 0.537 e. The molecule has 0 unspecified atom stereocenters. The number of para-hydroxylation sites is 3. The number of anilines is 3. The topological polar surface area (TPSA) is 157 Å². The van der Waals surface area contributed by atoms with Crippen LogP contribution in [0.15, 0.2) is 72.8 Å². The molecule has 3 aromatic rings. The van der Waals surface area contributed by atoms with E-state index in [1.807, 2.05) is 0 Å². The predicted molar refractivity (Wildman–Crippen MR) is 116 cm³/mol. The Morgan fingerprint density at radius 1 is 0.516 bits per heavy atom. The van der Waals surface area contributed by atoms with Gasteiger partial charge >= 0.3 is 26.5 Å². The summed E-state index contributed by atoms with van der Waals surface area (Å²) < 4.78 is 15.5. The van der Waals surface area contributed by atoms with Crippen LogP contribution in [-0.2, 0) is 13.6 Å². The number of nitrogens with two attached hydrogens (primary N) is 3. The quantitative estimate of drug-likeness (QED) is 0.386. The van der Waals surface area contributed by atoms with Gasteiger partial charge in [0.25, 0.3) is 0 Å². The molecular formula is C21H18N3O6P. The molecule has 0 atom stereocenters. The van der Waals surface area contributed by atoms with Gasteiger partial charge in [-0.05, 0) is 36.4 Å². The average molecular weight is 439 g/mol. The van der Waals surface area contributed by atoms with Gasteiger partial charge in [-0.15, -0.1) is 0 Å². The summed E-state index contributed by atoms with van der Waals surface area (Å²) in [6, 6.07) is 18.3. The van der Waals surface area contributed by atoms with Gasteiger partial charge in [0.05, 0.1) is 16.7 Å². The highest BCUT2D eigenvalue weighted by Crippen LogP contribution is 2.43. The lowest BCUT2D eigenvalue weighted by atomic mass is 10.2. The van der Waals surface area contributed by atoms with Crippen LogP contribution >= 0.6 is 8.60 Å². The van der Waals surface area contributed by atoms with Gasteiger partial charge in [-0.2, -0.15) is 0 Å². The van der Waals surface area contributed by atoms with E-state index in [9.17, 15) is 14.4 Å². The minimum atomic E-state index is -2.80. The summed E-state index contributed by atoms with van der Waals surface area (Å²) in [5, 5.41) is 0. The Morgan fingerprint density at radius 2 is 0.774 bits per heavy atom. The van der Waals surface area contributed by atoms with E-state index in [1.165, 1.54) is 36.4 Å². The second kappa shape index (κ2) is 9.60. The lowest BCUT2D eigenvalue weighted by molar-refractivity contribution is 0.0549. The standard InChI is InChI=1S/C21H18N3O6P/c22-16-10-4-1-7-13(16)19(25)28-31(29-20(26)14-8-2-5-11-17(14)23)30-21(27)15-9-3-6-12-18(15)24/h1-12H,22-24H2. The highest BCUT2D eigenvalue weighted by Gasteiger charge is 2.31. The molecule has 31 heavy (non-hydrogen) atoms. The zero-order valence-electron chi connectivity index (χ0n) is 16.1. The van der Waals surface area contributed by atoms with Gasteiger partial charge in [0.15, 0.2) is 0 Å². The number of hydrogen-bond acceptors (Lipinski definition) is 9. The molecular weight excluding hydrogens is 421 g/mol. The van der Waals surface area contributed by atoms with E-state index in [0.717, 1.165) is 0 Å². The van der Waals surface area contributed by atoms with Crippen molar-refractivity contribution in [2.45, 2.75) is 0 Å². The van der Waals surface area contributed by atoms with Crippen LogP contribution in [0, 0.1) is 0 Å². The number of hydrogen-bond donors (Lipinski definition) is 3. The van der Waals surface area contributed by atoms with Crippen molar-refractivity contribution in [3.63, 3.8) is 0 Å². The van der Waals surface area contributed by atoms with Crippen molar-refractivity contribution in [1.29, 1.82) is 0 Å². The number of carbonyl (C=O) groups excluding carboxylic acids is 3. The molecule has 3 aromatic carbocycles. The Balaban J connectivity index is 1.84. The smallest absolute Gasteiger partial charge is 0.398 e. The average Bonchev–Trinajstić information content (AvgIpc) is 2.74. The maximum atomic E-state index is 12.5. The molecule has 0 spiro atoms. The first-order valence-electron chi connectivity index (χ1n) is 8.87. The fourth-order valence-corrected chi connectivity index (χ4v) is 3.27. The first-order chi connectivity index (χ1) is 14.9. The lowest BCUT2D eigenvalue weighted by Crippen LogP contribution is -2.14. The van der Waals surface area contributed by atoms with Gasteiger partial charge < -0.3 is 30.8 Å². The molecule has 0 saturated carbocycles. The Kier molecular flexibility index (Phi) is 6.69. The van der Waals surface area contributed by atoms with Crippen LogP contribution in [0.3, 0.4) is 0 Å². The summed E-state index contributed by atoms with van der Waals surface area (Å²) >= 11 is 0. The van der Waals surface area contributed by atoms with Gasteiger partial charge in [0.1, 0.15) is 0 Å². The van der Waals surface area contributed by atoms with Gasteiger partial charge in [-0.3, -0.25) is 0 Å². The molecule has 158 valence electrons. The van der Waals surface area contributed by atoms with E-state index >= 15 is 0 Å². The monoisotopic (exact) mass is 439 g/mol. The molecule has 0 aliphatic rings. The highest BCUT2D eigenvalue weighted by molar-refractivity contribution is 7.43. The molecule has 9 nitrogen and oxygen atoms in total. The maximum Gasteiger partial charge on any atom is 0.537 e. The number of rotatable bonds is 6. The number of benzene rings is 3. The van der Waals surface area contributed by atoms with Crippen LogP contribution < -0.4 is 17.2 Å². The van der Waals surface area contributed by atoms with E-state index in [1.54, 1.807) is 36.4 Å². The number of nitrogen functional groups attached to an aromatic ring is 3. The van der Waals surface area contributed by atoms with Crippen LogP contribution in [0.25, 0.3) is 0 Å². The van der Waals surface area contributed by atoms with Crippen LogP contribution in [0.4, 0.5) is 17.1 Å². The molecule has 0 aliphatic carbocycles. The first-order valence-corrected chi connectivity index (χ1v) is 9.97. The van der Waals surface area contributed by atoms with Gasteiger partial charge in [-0.25, -0.2) is 14.4 Å². The molecule has 0 fully saturated rings. The van der Waals surface area contributed by atoms with Crippen molar-refractivity contribution >= 4 is 43.6 Å². The van der Waals surface area contributed by atoms with E-state index in [4.69, 9.17) is 30.8 Å². The fourth-order valence-electron chi connectivity index (χ4n) is 2.46. The summed E-state index contributed by atoms with van der Waals surface area (Å²) in [5.74, 6) is -2.81. The van der Waals surface area contributed by atoms with Crippen molar-refractivity contribution < 1.29 is 28.0 Å². The van der Waals surface area contributed by atoms with Gasteiger partial charge in [0, 0.05) is 17.1 Å². The third kappa shape index (κ3) is 5.29. The first kappa shape index (κ1) is 21.6. The SMILES string of the molecule is Nc1ccccc1C(=O)OP(OC(=O)c1ccccc1N)OC(=O)c1ccccc1N. The van der Waals surface area contributed by atoms with Gasteiger partial charge in [0.2, 0.25) is 0 Å². The summed E-state index contributed by atoms with van der Waals surface area (Å²) in [6.07, 6.45) is 0. The molecule has 10 heteroatoms. The van der Waals surface area contributed by atoms with Crippen molar-refractivity contribution in [3.05, 3.63) is 89.5 Å². The van der Waals surface area contributed by atoms with Crippen molar-refractivity contribution in [3.8, 4) is 0 Å². The minimum absolute atomic E-state index is 0.0144. The van der Waals surface area contributed by atoms with Crippen LogP contribution in [0.2, 0.25) is 0 Å². The van der Waals surface area contributed by atoms with E-state index in [-0.39, 0.29) is 33.8 Å². The summed E-state index contributed by atoms with van der Waals surface area (Å²) in [4.78, 5) is 37.6. The Hall–Kier alpha value is -4.10. The molecule has 0 bridgehead atoms. The molecule has 6 N–H and O–H groups in total. The number of carbonyl (C=O) groups is 3.